The molecule has 0 aliphatic heterocycles. The minimum absolute atomic E-state index is 0.340. The molecule has 4 nitrogen and oxygen atoms in total. The maximum atomic E-state index is 11.2. The van der Waals surface area contributed by atoms with Crippen molar-refractivity contribution in [3.05, 3.63) is 42.6 Å². The lowest BCUT2D eigenvalue weighted by Gasteiger charge is -1.97. The highest BCUT2D eigenvalue weighted by Crippen LogP contribution is 2.16. The predicted molar refractivity (Wildman–Crippen MR) is 63.4 cm³/mol. The third-order valence-corrected chi connectivity index (χ3v) is 2.17. The molecule has 0 amide bonds. The number of H-pyrrole nitrogens is 1. The molecule has 16 heavy (non-hydrogen) atoms. The number of aromatic amines is 1. The fraction of sp³-hybridized carbons (Fsp3) is 0.167. The first-order chi connectivity index (χ1) is 7.72. The summed E-state index contributed by atoms with van der Waals surface area (Å²) in [6.45, 7) is 7.94. The number of esters is 1. The molecule has 84 valence electrons. The number of ether oxygens (including phenoxy) is 1. The van der Waals surface area contributed by atoms with Crippen LogP contribution in [0.3, 0.4) is 0 Å². The van der Waals surface area contributed by atoms with Crippen molar-refractivity contribution < 1.29 is 9.53 Å². The van der Waals surface area contributed by atoms with Gasteiger partial charge in [0.1, 0.15) is 0 Å². The molecule has 1 heterocycles. The summed E-state index contributed by atoms with van der Waals surface area (Å²) in [5.74, 6) is -0.340. The standard InChI is InChI=1S/C10H10N2O2.C2H4/c1-6-8-4-3-7(10(13)14-2)5-9(8)12-11-6;1-2/h3-5H,1-2H3,(H,11,12);1-2H2. The molecule has 0 bridgehead atoms. The Morgan fingerprint density at radius 2 is 2.12 bits per heavy atom. The van der Waals surface area contributed by atoms with Gasteiger partial charge in [-0.05, 0) is 19.1 Å². The smallest absolute Gasteiger partial charge is 0.337 e. The van der Waals surface area contributed by atoms with Crippen molar-refractivity contribution >= 4 is 16.9 Å². The summed E-state index contributed by atoms with van der Waals surface area (Å²) in [6.07, 6.45) is 0. The lowest BCUT2D eigenvalue weighted by Crippen LogP contribution is -2.00. The molecule has 1 aromatic heterocycles. The number of carbonyl (C=O) groups excluding carboxylic acids is 1. The van der Waals surface area contributed by atoms with Crippen LogP contribution in [0.15, 0.2) is 31.4 Å². The normalized spacial score (nSPS) is 9.38. The van der Waals surface area contributed by atoms with Crippen LogP contribution in [0.1, 0.15) is 16.1 Å². The van der Waals surface area contributed by atoms with E-state index in [4.69, 9.17) is 0 Å². The van der Waals surface area contributed by atoms with Gasteiger partial charge in [0.15, 0.2) is 0 Å². The van der Waals surface area contributed by atoms with Gasteiger partial charge in [-0.1, -0.05) is 6.07 Å². The molecule has 0 saturated carbocycles. The number of fused-ring (bicyclic) bond motifs is 1. The lowest BCUT2D eigenvalue weighted by molar-refractivity contribution is 0.0601. The SMILES string of the molecule is C=C.COC(=O)c1ccc2c(C)[nH]nc2c1. The average molecular weight is 218 g/mol. The molecule has 1 N–H and O–H groups in total. The number of aromatic nitrogens is 2. The lowest BCUT2D eigenvalue weighted by atomic mass is 10.1. The zero-order valence-corrected chi connectivity index (χ0v) is 9.41. The first-order valence-corrected chi connectivity index (χ1v) is 4.75. The maximum absolute atomic E-state index is 11.2. The van der Waals surface area contributed by atoms with Gasteiger partial charge in [0.05, 0.1) is 18.2 Å². The number of benzene rings is 1. The average Bonchev–Trinajstić information content (AvgIpc) is 2.72. The highest BCUT2D eigenvalue weighted by molar-refractivity contribution is 5.94. The fourth-order valence-corrected chi connectivity index (χ4v) is 1.39. The van der Waals surface area contributed by atoms with Gasteiger partial charge in [-0.2, -0.15) is 5.10 Å². The second-order valence-corrected chi connectivity index (χ2v) is 3.07. The largest absolute Gasteiger partial charge is 0.465 e. The zero-order chi connectivity index (χ0) is 12.1. The van der Waals surface area contributed by atoms with Crippen LogP contribution in [-0.2, 0) is 4.74 Å². The van der Waals surface area contributed by atoms with E-state index in [0.717, 1.165) is 16.6 Å². The van der Waals surface area contributed by atoms with E-state index < -0.39 is 0 Å². The maximum Gasteiger partial charge on any atom is 0.337 e. The van der Waals surface area contributed by atoms with Gasteiger partial charge in [0.2, 0.25) is 0 Å². The first kappa shape index (κ1) is 12.0. The summed E-state index contributed by atoms with van der Waals surface area (Å²) in [7, 11) is 1.36. The predicted octanol–water partition coefficient (Wildman–Crippen LogP) is 2.46. The van der Waals surface area contributed by atoms with Crippen LogP contribution in [0, 0.1) is 6.92 Å². The van der Waals surface area contributed by atoms with Crippen LogP contribution in [0.25, 0.3) is 10.9 Å². The molecule has 0 radical (unpaired) electrons. The van der Waals surface area contributed by atoms with Gasteiger partial charge >= 0.3 is 5.97 Å². The summed E-state index contributed by atoms with van der Waals surface area (Å²) < 4.78 is 4.62. The number of aryl methyl sites for hydroxylation is 1. The number of nitrogens with zero attached hydrogens (tertiary/aromatic N) is 1. The van der Waals surface area contributed by atoms with Crippen molar-refractivity contribution in [3.63, 3.8) is 0 Å². The Bertz CT molecular complexity index is 503. The summed E-state index contributed by atoms with van der Waals surface area (Å²) in [6, 6.07) is 5.31. The summed E-state index contributed by atoms with van der Waals surface area (Å²) in [4.78, 5) is 11.2. The Morgan fingerprint density at radius 3 is 2.75 bits per heavy atom. The topological polar surface area (TPSA) is 55.0 Å². The minimum atomic E-state index is -0.340. The van der Waals surface area contributed by atoms with E-state index >= 15 is 0 Å². The third-order valence-electron chi connectivity index (χ3n) is 2.17. The molecular formula is C12H14N2O2. The van der Waals surface area contributed by atoms with Gasteiger partial charge in [-0.15, -0.1) is 13.2 Å². The van der Waals surface area contributed by atoms with Crippen LogP contribution in [0.5, 0.6) is 0 Å². The molecule has 0 aliphatic carbocycles. The number of rotatable bonds is 1. The van der Waals surface area contributed by atoms with Crippen LogP contribution >= 0.6 is 0 Å². The summed E-state index contributed by atoms with van der Waals surface area (Å²) in [5, 5.41) is 7.95. The van der Waals surface area contributed by atoms with Crippen LogP contribution in [0.2, 0.25) is 0 Å². The first-order valence-electron chi connectivity index (χ1n) is 4.75. The summed E-state index contributed by atoms with van der Waals surface area (Å²) in [5.41, 5.74) is 2.30. The highest BCUT2D eigenvalue weighted by Gasteiger charge is 2.08. The molecule has 4 heteroatoms. The Labute approximate surface area is 93.9 Å². The Morgan fingerprint density at radius 1 is 1.44 bits per heavy atom. The van der Waals surface area contributed by atoms with Crippen molar-refractivity contribution in [2.45, 2.75) is 6.92 Å². The highest BCUT2D eigenvalue weighted by atomic mass is 16.5. The molecule has 0 saturated heterocycles. The van der Waals surface area contributed by atoms with Gasteiger partial charge in [0, 0.05) is 11.1 Å². The monoisotopic (exact) mass is 218 g/mol. The molecule has 0 aliphatic rings. The number of carbonyl (C=O) groups is 1. The molecule has 2 aromatic rings. The van der Waals surface area contributed by atoms with E-state index in [2.05, 4.69) is 28.1 Å². The van der Waals surface area contributed by atoms with E-state index in [1.165, 1.54) is 7.11 Å². The van der Waals surface area contributed by atoms with Gasteiger partial charge < -0.3 is 4.74 Å². The van der Waals surface area contributed by atoms with Crippen LogP contribution in [-0.4, -0.2) is 23.3 Å². The van der Waals surface area contributed by atoms with E-state index in [1.807, 2.05) is 13.0 Å². The fourth-order valence-electron chi connectivity index (χ4n) is 1.39. The van der Waals surface area contributed by atoms with Crippen molar-refractivity contribution in [1.29, 1.82) is 0 Å². The van der Waals surface area contributed by atoms with E-state index in [1.54, 1.807) is 12.1 Å². The quantitative estimate of drug-likeness (QED) is 0.591. The van der Waals surface area contributed by atoms with Crippen molar-refractivity contribution in [2.75, 3.05) is 7.11 Å². The molecule has 0 atom stereocenters. The van der Waals surface area contributed by atoms with E-state index in [0.29, 0.717) is 5.56 Å². The number of nitrogens with one attached hydrogen (secondary N) is 1. The molecule has 1 aromatic carbocycles. The number of hydrogen-bond acceptors (Lipinski definition) is 3. The van der Waals surface area contributed by atoms with Crippen LogP contribution < -0.4 is 0 Å². The van der Waals surface area contributed by atoms with Gasteiger partial charge in [-0.3, -0.25) is 5.10 Å². The van der Waals surface area contributed by atoms with Crippen molar-refractivity contribution in [2.24, 2.45) is 0 Å². The Balaban J connectivity index is 0.000000606. The van der Waals surface area contributed by atoms with Crippen LogP contribution in [0.4, 0.5) is 0 Å². The Hall–Kier alpha value is -2.10. The molecular weight excluding hydrogens is 204 g/mol. The van der Waals surface area contributed by atoms with Crippen molar-refractivity contribution in [3.8, 4) is 0 Å². The number of hydrogen-bond donors (Lipinski definition) is 1. The minimum Gasteiger partial charge on any atom is -0.465 e. The molecule has 2 rings (SSSR count). The zero-order valence-electron chi connectivity index (χ0n) is 9.41. The second-order valence-electron chi connectivity index (χ2n) is 3.07. The van der Waals surface area contributed by atoms with E-state index in [-0.39, 0.29) is 5.97 Å². The van der Waals surface area contributed by atoms with Crippen molar-refractivity contribution in [1.82, 2.24) is 10.2 Å². The second kappa shape index (κ2) is 5.11. The molecule has 0 unspecified atom stereocenters. The van der Waals surface area contributed by atoms with Gasteiger partial charge in [-0.25, -0.2) is 4.79 Å². The number of methoxy groups -OCH3 is 1. The van der Waals surface area contributed by atoms with Gasteiger partial charge in [0.25, 0.3) is 0 Å². The third kappa shape index (κ3) is 2.11. The van der Waals surface area contributed by atoms with E-state index in [9.17, 15) is 4.79 Å². The Kier molecular flexibility index (Phi) is 3.83. The summed E-state index contributed by atoms with van der Waals surface area (Å²) >= 11 is 0. The molecule has 0 spiro atoms. The molecule has 0 fully saturated rings.